The molecule has 0 N–H and O–H groups in total. The molecule has 2 nitrogen and oxygen atoms in total. The van der Waals surface area contributed by atoms with Crippen molar-refractivity contribution >= 4 is 5.69 Å². The van der Waals surface area contributed by atoms with Crippen molar-refractivity contribution in [3.05, 3.63) is 29.8 Å². The Morgan fingerprint density at radius 3 is 2.79 bits per heavy atom. The second kappa shape index (κ2) is 3.71. The van der Waals surface area contributed by atoms with Crippen LogP contribution < -0.4 is 4.90 Å². The van der Waals surface area contributed by atoms with Crippen LogP contribution in [-0.2, 0) is 0 Å². The molecule has 0 spiro atoms. The third-order valence-corrected chi connectivity index (χ3v) is 2.66. The van der Waals surface area contributed by atoms with Crippen LogP contribution >= 0.6 is 0 Å². The van der Waals surface area contributed by atoms with Gasteiger partial charge in [0.05, 0.1) is 11.3 Å². The van der Waals surface area contributed by atoms with Crippen molar-refractivity contribution in [1.29, 1.82) is 5.26 Å². The zero-order chi connectivity index (χ0) is 9.97. The van der Waals surface area contributed by atoms with Crippen LogP contribution in [0.2, 0.25) is 0 Å². The molecule has 0 radical (unpaired) electrons. The van der Waals surface area contributed by atoms with Gasteiger partial charge in [0.2, 0.25) is 0 Å². The average molecular weight is 186 g/mol. The van der Waals surface area contributed by atoms with E-state index in [0.29, 0.717) is 0 Å². The summed E-state index contributed by atoms with van der Waals surface area (Å²) < 4.78 is 0. The lowest BCUT2D eigenvalue weighted by Gasteiger charge is -2.19. The minimum atomic E-state index is 0.774. The maximum absolute atomic E-state index is 8.94. The molecule has 14 heavy (non-hydrogen) atoms. The van der Waals surface area contributed by atoms with E-state index in [0.717, 1.165) is 23.7 Å². The summed E-state index contributed by atoms with van der Waals surface area (Å²) in [5.74, 6) is 0.853. The molecule has 1 aliphatic carbocycles. The third kappa shape index (κ3) is 1.88. The molecule has 2 heteroatoms. The first-order valence-corrected chi connectivity index (χ1v) is 5.01. The molecule has 0 amide bonds. The topological polar surface area (TPSA) is 27.0 Å². The summed E-state index contributed by atoms with van der Waals surface area (Å²) in [7, 11) is 2.06. The van der Waals surface area contributed by atoms with Crippen LogP contribution in [0.1, 0.15) is 18.4 Å². The summed E-state index contributed by atoms with van der Waals surface area (Å²) in [5.41, 5.74) is 1.83. The van der Waals surface area contributed by atoms with Crippen molar-refractivity contribution < 1.29 is 0 Å². The van der Waals surface area contributed by atoms with E-state index in [4.69, 9.17) is 5.26 Å². The van der Waals surface area contributed by atoms with Crippen LogP contribution in [0.15, 0.2) is 24.3 Å². The van der Waals surface area contributed by atoms with Gasteiger partial charge in [-0.25, -0.2) is 0 Å². The second-order valence-corrected chi connectivity index (χ2v) is 3.95. The van der Waals surface area contributed by atoms with Crippen LogP contribution in [0.5, 0.6) is 0 Å². The molecule has 0 aliphatic heterocycles. The van der Waals surface area contributed by atoms with Gasteiger partial charge < -0.3 is 4.90 Å². The van der Waals surface area contributed by atoms with Crippen molar-refractivity contribution in [3.63, 3.8) is 0 Å². The number of hydrogen-bond acceptors (Lipinski definition) is 2. The van der Waals surface area contributed by atoms with Crippen LogP contribution in [-0.4, -0.2) is 13.6 Å². The maximum atomic E-state index is 8.94. The number of para-hydroxylation sites is 1. The SMILES string of the molecule is CN(CC1CC1)c1ccccc1C#N. The highest BCUT2D eigenvalue weighted by atomic mass is 15.1. The Labute approximate surface area is 84.8 Å². The highest BCUT2D eigenvalue weighted by Crippen LogP contribution is 2.31. The van der Waals surface area contributed by atoms with Gasteiger partial charge in [0.25, 0.3) is 0 Å². The molecule has 1 fully saturated rings. The molecular formula is C12H14N2. The molecule has 1 saturated carbocycles. The molecule has 0 unspecified atom stereocenters. The fourth-order valence-electron chi connectivity index (χ4n) is 1.69. The first-order valence-electron chi connectivity index (χ1n) is 5.01. The first-order chi connectivity index (χ1) is 6.81. The van der Waals surface area contributed by atoms with E-state index < -0.39 is 0 Å². The van der Waals surface area contributed by atoms with E-state index in [1.165, 1.54) is 12.8 Å². The normalized spacial score (nSPS) is 14.9. The predicted molar refractivity (Wildman–Crippen MR) is 57.2 cm³/mol. The van der Waals surface area contributed by atoms with E-state index in [9.17, 15) is 0 Å². The second-order valence-electron chi connectivity index (χ2n) is 3.95. The Bertz CT molecular complexity index is 361. The largest absolute Gasteiger partial charge is 0.373 e. The summed E-state index contributed by atoms with van der Waals surface area (Å²) >= 11 is 0. The van der Waals surface area contributed by atoms with Crippen molar-refractivity contribution in [2.24, 2.45) is 5.92 Å². The first kappa shape index (κ1) is 9.08. The highest BCUT2D eigenvalue weighted by Gasteiger charge is 2.23. The summed E-state index contributed by atoms with van der Waals surface area (Å²) in [6.45, 7) is 1.08. The van der Waals surface area contributed by atoms with Crippen molar-refractivity contribution in [3.8, 4) is 6.07 Å². The van der Waals surface area contributed by atoms with E-state index in [2.05, 4.69) is 18.0 Å². The van der Waals surface area contributed by atoms with Crippen molar-refractivity contribution in [2.75, 3.05) is 18.5 Å². The number of anilines is 1. The minimum Gasteiger partial charge on any atom is -0.373 e. The number of rotatable bonds is 3. The van der Waals surface area contributed by atoms with Gasteiger partial charge in [0.1, 0.15) is 6.07 Å². The minimum absolute atomic E-state index is 0.774. The summed E-state index contributed by atoms with van der Waals surface area (Å²) in [6.07, 6.45) is 2.69. The van der Waals surface area contributed by atoms with Gasteiger partial charge in [0.15, 0.2) is 0 Å². The number of nitriles is 1. The van der Waals surface area contributed by atoms with Crippen LogP contribution in [0.25, 0.3) is 0 Å². The van der Waals surface area contributed by atoms with Crippen LogP contribution in [0, 0.1) is 17.2 Å². The summed E-state index contributed by atoms with van der Waals surface area (Å²) in [5, 5.41) is 8.94. The van der Waals surface area contributed by atoms with Gasteiger partial charge in [0, 0.05) is 13.6 Å². The molecule has 72 valence electrons. The van der Waals surface area contributed by atoms with Gasteiger partial charge in [-0.05, 0) is 30.9 Å². The molecule has 1 aromatic carbocycles. The molecule has 1 aromatic rings. The molecule has 0 saturated heterocycles. The lowest BCUT2D eigenvalue weighted by molar-refractivity contribution is 0.786. The van der Waals surface area contributed by atoms with E-state index in [1.54, 1.807) is 0 Å². The predicted octanol–water partition coefficient (Wildman–Crippen LogP) is 2.40. The van der Waals surface area contributed by atoms with Crippen LogP contribution in [0.4, 0.5) is 5.69 Å². The number of nitrogens with zero attached hydrogens (tertiary/aromatic N) is 2. The van der Waals surface area contributed by atoms with E-state index in [-0.39, 0.29) is 0 Å². The fraction of sp³-hybridized carbons (Fsp3) is 0.417. The molecular weight excluding hydrogens is 172 g/mol. The van der Waals surface area contributed by atoms with Gasteiger partial charge in [-0.15, -0.1) is 0 Å². The fourth-order valence-corrected chi connectivity index (χ4v) is 1.69. The Balaban J connectivity index is 2.16. The Kier molecular flexibility index (Phi) is 2.41. The zero-order valence-corrected chi connectivity index (χ0v) is 8.40. The molecule has 0 aromatic heterocycles. The van der Waals surface area contributed by atoms with E-state index >= 15 is 0 Å². The number of hydrogen-bond donors (Lipinski definition) is 0. The molecule has 2 rings (SSSR count). The third-order valence-electron chi connectivity index (χ3n) is 2.66. The summed E-state index contributed by atoms with van der Waals surface area (Å²) in [4.78, 5) is 2.19. The monoisotopic (exact) mass is 186 g/mol. The number of benzene rings is 1. The van der Waals surface area contributed by atoms with Gasteiger partial charge in [-0.2, -0.15) is 5.26 Å². The highest BCUT2D eigenvalue weighted by molar-refractivity contribution is 5.58. The lowest BCUT2D eigenvalue weighted by Crippen LogP contribution is -2.20. The van der Waals surface area contributed by atoms with Gasteiger partial charge in [-0.1, -0.05) is 12.1 Å². The molecule has 1 aliphatic rings. The van der Waals surface area contributed by atoms with Crippen LogP contribution in [0.3, 0.4) is 0 Å². The smallest absolute Gasteiger partial charge is 0.101 e. The van der Waals surface area contributed by atoms with E-state index in [1.807, 2.05) is 24.3 Å². The van der Waals surface area contributed by atoms with Gasteiger partial charge >= 0.3 is 0 Å². The standard InChI is InChI=1S/C12H14N2/c1-14(9-10-6-7-10)12-5-3-2-4-11(12)8-13/h2-5,10H,6-7,9H2,1H3. The van der Waals surface area contributed by atoms with Gasteiger partial charge in [-0.3, -0.25) is 0 Å². The van der Waals surface area contributed by atoms with Crippen molar-refractivity contribution in [2.45, 2.75) is 12.8 Å². The maximum Gasteiger partial charge on any atom is 0.101 e. The molecule has 0 atom stereocenters. The zero-order valence-electron chi connectivity index (χ0n) is 8.40. The Morgan fingerprint density at radius 2 is 2.14 bits per heavy atom. The Hall–Kier alpha value is -1.49. The quantitative estimate of drug-likeness (QED) is 0.724. The average Bonchev–Trinajstić information content (AvgIpc) is 3.01. The summed E-state index contributed by atoms with van der Waals surface area (Å²) in [6, 6.07) is 10.0. The molecule has 0 heterocycles. The molecule has 0 bridgehead atoms. The Morgan fingerprint density at radius 1 is 1.43 bits per heavy atom. The lowest BCUT2D eigenvalue weighted by atomic mass is 10.2. The van der Waals surface area contributed by atoms with Crippen molar-refractivity contribution in [1.82, 2.24) is 0 Å².